The van der Waals surface area contributed by atoms with Gasteiger partial charge in [0.1, 0.15) is 12.1 Å². The predicted molar refractivity (Wildman–Crippen MR) is 105 cm³/mol. The quantitative estimate of drug-likeness (QED) is 0.168. The van der Waals surface area contributed by atoms with Crippen molar-refractivity contribution in [2.45, 2.75) is 51.0 Å². The van der Waals surface area contributed by atoms with E-state index in [1.165, 1.54) is 17.1 Å². The zero-order chi connectivity index (χ0) is 22.7. The van der Waals surface area contributed by atoms with Crippen LogP contribution in [0.15, 0.2) is 12.2 Å². The van der Waals surface area contributed by atoms with Crippen LogP contribution in [0.1, 0.15) is 32.6 Å². The number of hydrogen-bond acceptors (Lipinski definition) is 8. The van der Waals surface area contributed by atoms with Crippen LogP contribution in [0.3, 0.4) is 0 Å². The van der Waals surface area contributed by atoms with Gasteiger partial charge in [-0.05, 0) is 13.5 Å². The number of nitrogens with one attached hydrogen (secondary N) is 1. The summed E-state index contributed by atoms with van der Waals surface area (Å²) < 4.78 is 5.06. The van der Waals surface area contributed by atoms with Gasteiger partial charge in [0.2, 0.25) is 11.8 Å². The zero-order valence-electron chi connectivity index (χ0n) is 17.3. The van der Waals surface area contributed by atoms with E-state index < -0.39 is 36.3 Å². The summed E-state index contributed by atoms with van der Waals surface area (Å²) in [5.74, 6) is -2.42. The van der Waals surface area contributed by atoms with Gasteiger partial charge >= 0.3 is 11.9 Å². The lowest BCUT2D eigenvalue weighted by Crippen LogP contribution is -2.58. The number of aliphatic hydroxyl groups excluding tert-OH is 1. The van der Waals surface area contributed by atoms with E-state index in [1.54, 1.807) is 14.0 Å². The molecule has 2 amide bonds. The number of rotatable bonds is 12. The van der Waals surface area contributed by atoms with Crippen LogP contribution in [-0.4, -0.2) is 101 Å². The number of amides is 2. The van der Waals surface area contributed by atoms with Gasteiger partial charge in [0.05, 0.1) is 19.4 Å². The predicted octanol–water partition coefficient (Wildman–Crippen LogP) is -1.31. The van der Waals surface area contributed by atoms with Crippen LogP contribution in [0, 0.1) is 0 Å². The fourth-order valence-electron chi connectivity index (χ4n) is 2.95. The van der Waals surface area contributed by atoms with Gasteiger partial charge in [-0.1, -0.05) is 19.1 Å². The molecule has 1 heterocycles. The Kier molecular flexibility index (Phi) is 11.0. The van der Waals surface area contributed by atoms with E-state index in [9.17, 15) is 29.4 Å². The Morgan fingerprint density at radius 2 is 1.93 bits per heavy atom. The first-order valence-corrected chi connectivity index (χ1v) is 9.82. The lowest BCUT2D eigenvalue weighted by molar-refractivity contribution is -0.152. The Balaban J connectivity index is 2.50. The number of piperazine rings is 1. The number of hydrogen-bond donors (Lipinski definition) is 4. The third-order valence-corrected chi connectivity index (χ3v) is 4.56. The van der Waals surface area contributed by atoms with Crippen molar-refractivity contribution in [3.8, 4) is 0 Å². The molecule has 0 aliphatic carbocycles. The molecule has 1 aliphatic rings. The lowest BCUT2D eigenvalue weighted by Gasteiger charge is -2.37. The molecule has 11 nitrogen and oxygen atoms in total. The SMILES string of the molecule is CCC(CC(=O)O)OC(=O)C/C=C/CNC(=O)[C@H](CC(O)O)N1CCN(C)CC1=O. The topological polar surface area (TPSA) is 157 Å². The van der Waals surface area contributed by atoms with Crippen molar-refractivity contribution >= 4 is 23.8 Å². The summed E-state index contributed by atoms with van der Waals surface area (Å²) in [5, 5.41) is 29.9. The first-order chi connectivity index (χ1) is 14.1. The monoisotopic (exact) mass is 429 g/mol. The zero-order valence-corrected chi connectivity index (χ0v) is 17.3. The largest absolute Gasteiger partial charge is 0.481 e. The number of carbonyl (C=O) groups excluding carboxylic acids is 3. The number of likely N-dealkylation sites (N-methyl/N-ethyl adjacent to an activating group) is 1. The summed E-state index contributed by atoms with van der Waals surface area (Å²) in [4.78, 5) is 50.2. The molecule has 11 heteroatoms. The van der Waals surface area contributed by atoms with Gasteiger partial charge in [-0.3, -0.25) is 24.1 Å². The maximum atomic E-state index is 12.5. The van der Waals surface area contributed by atoms with Gasteiger partial charge in [0.25, 0.3) is 0 Å². The third-order valence-electron chi connectivity index (χ3n) is 4.56. The molecule has 1 saturated heterocycles. The maximum absolute atomic E-state index is 12.5. The molecular weight excluding hydrogens is 398 g/mol. The summed E-state index contributed by atoms with van der Waals surface area (Å²) in [6.07, 6.45) is 0.320. The van der Waals surface area contributed by atoms with E-state index in [-0.39, 0.29) is 38.3 Å². The molecule has 2 atom stereocenters. The third kappa shape index (κ3) is 9.33. The van der Waals surface area contributed by atoms with E-state index in [4.69, 9.17) is 9.84 Å². The van der Waals surface area contributed by atoms with Crippen LogP contribution in [0.25, 0.3) is 0 Å². The Morgan fingerprint density at radius 1 is 1.23 bits per heavy atom. The molecular formula is C19H31N3O8. The van der Waals surface area contributed by atoms with Gasteiger partial charge in [0.15, 0.2) is 6.29 Å². The molecule has 0 aromatic heterocycles. The molecule has 0 aromatic rings. The van der Waals surface area contributed by atoms with Gasteiger partial charge in [-0.25, -0.2) is 0 Å². The molecule has 0 aromatic carbocycles. The molecule has 1 aliphatic heterocycles. The van der Waals surface area contributed by atoms with Crippen LogP contribution in [0.2, 0.25) is 0 Å². The van der Waals surface area contributed by atoms with E-state index in [0.29, 0.717) is 19.5 Å². The molecule has 4 N–H and O–H groups in total. The van der Waals surface area contributed by atoms with E-state index in [1.807, 2.05) is 4.90 Å². The van der Waals surface area contributed by atoms with Gasteiger partial charge in [0, 0.05) is 26.1 Å². The second kappa shape index (κ2) is 12.9. The average Bonchev–Trinajstić information content (AvgIpc) is 2.65. The second-order valence-corrected chi connectivity index (χ2v) is 7.10. The molecule has 0 radical (unpaired) electrons. The minimum Gasteiger partial charge on any atom is -0.481 e. The number of aliphatic carboxylic acids is 1. The van der Waals surface area contributed by atoms with Crippen LogP contribution < -0.4 is 5.32 Å². The Morgan fingerprint density at radius 3 is 2.50 bits per heavy atom. The molecule has 1 rings (SSSR count). The molecule has 30 heavy (non-hydrogen) atoms. The number of esters is 1. The normalized spacial score (nSPS) is 17.2. The highest BCUT2D eigenvalue weighted by Crippen LogP contribution is 2.12. The number of ether oxygens (including phenoxy) is 1. The van der Waals surface area contributed by atoms with Gasteiger partial charge in [-0.2, -0.15) is 0 Å². The highest BCUT2D eigenvalue weighted by molar-refractivity contribution is 5.88. The van der Waals surface area contributed by atoms with Crippen molar-refractivity contribution in [1.82, 2.24) is 15.1 Å². The summed E-state index contributed by atoms with van der Waals surface area (Å²) >= 11 is 0. The standard InChI is InChI=1S/C19H31N3O8/c1-3-13(10-16(24)25)30-18(28)6-4-5-7-20-19(29)14(11-17(26)27)22-9-8-21(2)12-15(22)23/h4-5,13-14,17,26-27H,3,6-12H2,1-2H3,(H,20,29)(H,24,25)/b5-4+/t13?,14-/m0/s1. The van der Waals surface area contributed by atoms with E-state index in [0.717, 1.165) is 0 Å². The van der Waals surface area contributed by atoms with E-state index >= 15 is 0 Å². The Bertz CT molecular complexity index is 637. The average molecular weight is 429 g/mol. The Labute approximate surface area is 175 Å². The smallest absolute Gasteiger partial charge is 0.309 e. The molecule has 1 fully saturated rings. The maximum Gasteiger partial charge on any atom is 0.309 e. The van der Waals surface area contributed by atoms with Crippen LogP contribution in [0.5, 0.6) is 0 Å². The first-order valence-electron chi connectivity index (χ1n) is 9.82. The van der Waals surface area contributed by atoms with Gasteiger partial charge < -0.3 is 30.3 Å². The summed E-state index contributed by atoms with van der Waals surface area (Å²) in [7, 11) is 1.78. The number of nitrogens with zero attached hydrogens (tertiary/aromatic N) is 2. The molecule has 0 saturated carbocycles. The van der Waals surface area contributed by atoms with Crippen LogP contribution >= 0.6 is 0 Å². The summed E-state index contributed by atoms with van der Waals surface area (Å²) in [6, 6.07) is -1.01. The van der Waals surface area contributed by atoms with Crippen molar-refractivity contribution in [2.75, 3.05) is 33.2 Å². The highest BCUT2D eigenvalue weighted by Gasteiger charge is 2.33. The second-order valence-electron chi connectivity index (χ2n) is 7.10. The Hall–Kier alpha value is -2.50. The molecule has 0 bridgehead atoms. The number of carbonyl (C=O) groups is 4. The molecule has 170 valence electrons. The minimum atomic E-state index is -1.74. The summed E-state index contributed by atoms with van der Waals surface area (Å²) in [5.41, 5.74) is 0. The fraction of sp³-hybridized carbons (Fsp3) is 0.684. The van der Waals surface area contributed by atoms with Crippen LogP contribution in [0.4, 0.5) is 0 Å². The van der Waals surface area contributed by atoms with E-state index in [2.05, 4.69) is 5.32 Å². The van der Waals surface area contributed by atoms with Crippen molar-refractivity contribution in [1.29, 1.82) is 0 Å². The van der Waals surface area contributed by atoms with Crippen molar-refractivity contribution in [3.05, 3.63) is 12.2 Å². The first kappa shape index (κ1) is 25.5. The van der Waals surface area contributed by atoms with Crippen molar-refractivity contribution in [2.24, 2.45) is 0 Å². The molecule has 1 unspecified atom stereocenters. The van der Waals surface area contributed by atoms with Gasteiger partial charge in [-0.15, -0.1) is 0 Å². The number of carboxylic acid groups (broad SMARTS) is 1. The van der Waals surface area contributed by atoms with Crippen molar-refractivity contribution in [3.63, 3.8) is 0 Å². The van der Waals surface area contributed by atoms with Crippen molar-refractivity contribution < 1.29 is 39.2 Å². The highest BCUT2D eigenvalue weighted by atomic mass is 16.5. The lowest BCUT2D eigenvalue weighted by atomic mass is 10.1. The molecule has 0 spiro atoms. The van der Waals surface area contributed by atoms with Crippen LogP contribution in [-0.2, 0) is 23.9 Å². The number of aliphatic hydroxyl groups is 2. The fourth-order valence-corrected chi connectivity index (χ4v) is 2.95. The minimum absolute atomic E-state index is 0.0679. The summed E-state index contributed by atoms with van der Waals surface area (Å²) in [6.45, 7) is 2.81. The number of carboxylic acids is 1.